The van der Waals surface area contributed by atoms with Crippen molar-refractivity contribution < 1.29 is 14.3 Å². The lowest BCUT2D eigenvalue weighted by Gasteiger charge is -2.30. The van der Waals surface area contributed by atoms with E-state index in [1.54, 1.807) is 0 Å². The molecule has 0 atom stereocenters. The highest BCUT2D eigenvalue weighted by Crippen LogP contribution is 2.27. The zero-order valence-electron chi connectivity index (χ0n) is 23.4. The summed E-state index contributed by atoms with van der Waals surface area (Å²) in [5.74, 6) is 1.23. The molecule has 0 spiro atoms. The Balaban J connectivity index is 1.52. The van der Waals surface area contributed by atoms with Crippen LogP contribution in [0, 0.1) is 5.92 Å². The Labute approximate surface area is 228 Å². The van der Waals surface area contributed by atoms with Crippen LogP contribution >= 0.6 is 0 Å². The molecule has 2 heterocycles. The number of para-hydroxylation sites is 1. The number of benzene rings is 2. The van der Waals surface area contributed by atoms with Crippen molar-refractivity contribution in [3.63, 3.8) is 0 Å². The number of rotatable bonds is 7. The quantitative estimate of drug-likeness (QED) is 0.441. The van der Waals surface area contributed by atoms with Crippen LogP contribution in [-0.4, -0.2) is 60.9 Å². The van der Waals surface area contributed by atoms with Gasteiger partial charge in [0.25, 0.3) is 5.91 Å². The molecule has 0 aliphatic carbocycles. The van der Waals surface area contributed by atoms with E-state index in [0.29, 0.717) is 37.6 Å². The third kappa shape index (κ3) is 8.07. The second kappa shape index (κ2) is 14.3. The zero-order valence-corrected chi connectivity index (χ0v) is 23.4. The Morgan fingerprint density at radius 1 is 0.842 bits per heavy atom. The summed E-state index contributed by atoms with van der Waals surface area (Å²) in [6, 6.07) is 15.7. The molecular formula is C32H45N3O3. The van der Waals surface area contributed by atoms with Crippen LogP contribution in [0.3, 0.4) is 0 Å². The van der Waals surface area contributed by atoms with E-state index in [2.05, 4.69) is 24.8 Å². The van der Waals surface area contributed by atoms with Gasteiger partial charge in [-0.25, -0.2) is 0 Å². The molecule has 6 nitrogen and oxygen atoms in total. The number of hydrogen-bond donors (Lipinski definition) is 0. The first-order valence-electron chi connectivity index (χ1n) is 14.6. The molecule has 0 unspecified atom stereocenters. The lowest BCUT2D eigenvalue weighted by atomic mass is 10.0. The van der Waals surface area contributed by atoms with Crippen LogP contribution < -0.4 is 9.64 Å². The maximum atomic E-state index is 13.8. The normalized spacial score (nSPS) is 17.6. The maximum Gasteiger partial charge on any atom is 0.254 e. The number of amides is 2. The SMILES string of the molecule is CC(C)CC(=O)N1CCCCCCCN(C(=O)c2cccc(OCCN3CCCC3)c2)Cc2ccccc21. The largest absolute Gasteiger partial charge is 0.492 e. The predicted molar refractivity (Wildman–Crippen MR) is 154 cm³/mol. The molecule has 2 aliphatic heterocycles. The highest BCUT2D eigenvalue weighted by Gasteiger charge is 2.23. The van der Waals surface area contributed by atoms with Crippen molar-refractivity contribution in [3.8, 4) is 5.75 Å². The van der Waals surface area contributed by atoms with Gasteiger partial charge in [0.2, 0.25) is 5.91 Å². The Morgan fingerprint density at radius 3 is 2.34 bits per heavy atom. The van der Waals surface area contributed by atoms with Crippen LogP contribution in [-0.2, 0) is 11.3 Å². The van der Waals surface area contributed by atoms with Crippen molar-refractivity contribution in [3.05, 3.63) is 59.7 Å². The molecule has 0 aromatic heterocycles. The second-order valence-corrected chi connectivity index (χ2v) is 11.2. The first-order chi connectivity index (χ1) is 18.5. The Morgan fingerprint density at radius 2 is 1.55 bits per heavy atom. The molecule has 2 aromatic rings. The van der Waals surface area contributed by atoms with E-state index in [-0.39, 0.29) is 11.8 Å². The molecule has 206 valence electrons. The number of nitrogens with zero attached hydrogens (tertiary/aromatic N) is 3. The van der Waals surface area contributed by atoms with Crippen molar-refractivity contribution >= 4 is 17.5 Å². The number of carbonyl (C=O) groups excluding carboxylic acids is 2. The van der Waals surface area contributed by atoms with Crippen molar-refractivity contribution in [1.29, 1.82) is 0 Å². The molecule has 2 aromatic carbocycles. The molecule has 1 fully saturated rings. The Kier molecular flexibility index (Phi) is 10.6. The second-order valence-electron chi connectivity index (χ2n) is 11.2. The van der Waals surface area contributed by atoms with E-state index in [4.69, 9.17) is 4.74 Å². The lowest BCUT2D eigenvalue weighted by molar-refractivity contribution is -0.119. The van der Waals surface area contributed by atoms with Gasteiger partial charge in [-0.3, -0.25) is 14.5 Å². The zero-order chi connectivity index (χ0) is 26.7. The minimum Gasteiger partial charge on any atom is -0.492 e. The van der Waals surface area contributed by atoms with E-state index in [0.717, 1.165) is 75.3 Å². The smallest absolute Gasteiger partial charge is 0.254 e. The fourth-order valence-electron chi connectivity index (χ4n) is 5.51. The third-order valence-electron chi connectivity index (χ3n) is 7.58. The van der Waals surface area contributed by atoms with E-state index in [1.807, 2.05) is 52.3 Å². The van der Waals surface area contributed by atoms with Crippen LogP contribution in [0.5, 0.6) is 5.75 Å². The van der Waals surface area contributed by atoms with Crippen molar-refractivity contribution in [2.24, 2.45) is 5.92 Å². The number of ether oxygens (including phenoxy) is 1. The van der Waals surface area contributed by atoms with Gasteiger partial charge in [0.1, 0.15) is 12.4 Å². The minimum absolute atomic E-state index is 0.0157. The fourth-order valence-corrected chi connectivity index (χ4v) is 5.51. The number of carbonyl (C=O) groups is 2. The fraction of sp³-hybridized carbons (Fsp3) is 0.562. The predicted octanol–water partition coefficient (Wildman–Crippen LogP) is 6.15. The van der Waals surface area contributed by atoms with Crippen LogP contribution in [0.1, 0.15) is 81.1 Å². The van der Waals surface area contributed by atoms with Crippen LogP contribution in [0.25, 0.3) is 0 Å². The number of hydrogen-bond acceptors (Lipinski definition) is 4. The van der Waals surface area contributed by atoms with Gasteiger partial charge >= 0.3 is 0 Å². The summed E-state index contributed by atoms with van der Waals surface area (Å²) in [5, 5.41) is 0. The molecule has 6 heteroatoms. The third-order valence-corrected chi connectivity index (χ3v) is 7.58. The van der Waals surface area contributed by atoms with Gasteiger partial charge in [0.05, 0.1) is 0 Å². The van der Waals surface area contributed by atoms with E-state index in [9.17, 15) is 9.59 Å². The van der Waals surface area contributed by atoms with Gasteiger partial charge in [-0.15, -0.1) is 0 Å². The standard InChI is InChI=1S/C32H45N3O3/c1-26(2)23-31(36)35-20-9-5-3-4-8-19-34(25-28-13-6-7-16-30(28)35)32(37)27-14-12-15-29(24-27)38-22-21-33-17-10-11-18-33/h6-7,12-16,24,26H,3-5,8-11,17-23,25H2,1-2H3. The molecule has 0 bridgehead atoms. The summed E-state index contributed by atoms with van der Waals surface area (Å²) in [7, 11) is 0. The molecule has 0 saturated carbocycles. The van der Waals surface area contributed by atoms with Crippen LogP contribution in [0.15, 0.2) is 48.5 Å². The van der Waals surface area contributed by atoms with E-state index < -0.39 is 0 Å². The van der Waals surface area contributed by atoms with Gasteiger partial charge < -0.3 is 14.5 Å². The molecule has 2 aliphatic rings. The van der Waals surface area contributed by atoms with Gasteiger partial charge in [0, 0.05) is 43.9 Å². The van der Waals surface area contributed by atoms with Gasteiger partial charge in [-0.2, -0.15) is 0 Å². The maximum absolute atomic E-state index is 13.8. The molecular weight excluding hydrogens is 474 g/mol. The summed E-state index contributed by atoms with van der Waals surface area (Å²) < 4.78 is 6.03. The van der Waals surface area contributed by atoms with Gasteiger partial charge in [-0.05, 0) is 74.5 Å². The molecule has 4 rings (SSSR count). The molecule has 2 amide bonds. The van der Waals surface area contributed by atoms with Crippen molar-refractivity contribution in [2.75, 3.05) is 44.2 Å². The van der Waals surface area contributed by atoms with Crippen LogP contribution in [0.2, 0.25) is 0 Å². The molecule has 38 heavy (non-hydrogen) atoms. The highest BCUT2D eigenvalue weighted by atomic mass is 16.5. The van der Waals surface area contributed by atoms with E-state index in [1.165, 1.54) is 12.8 Å². The topological polar surface area (TPSA) is 53.1 Å². The summed E-state index contributed by atoms with van der Waals surface area (Å²) >= 11 is 0. The summed E-state index contributed by atoms with van der Waals surface area (Å²) in [4.78, 5) is 33.4. The minimum atomic E-state index is 0.0157. The summed E-state index contributed by atoms with van der Waals surface area (Å²) in [5.41, 5.74) is 2.62. The van der Waals surface area contributed by atoms with Gasteiger partial charge in [0.15, 0.2) is 0 Å². The summed E-state index contributed by atoms with van der Waals surface area (Å²) in [6.07, 6.45) is 8.36. The first-order valence-corrected chi connectivity index (χ1v) is 14.6. The average molecular weight is 520 g/mol. The first kappa shape index (κ1) is 28.2. The number of anilines is 1. The highest BCUT2D eigenvalue weighted by molar-refractivity contribution is 5.96. The molecule has 0 N–H and O–H groups in total. The monoisotopic (exact) mass is 519 g/mol. The van der Waals surface area contributed by atoms with Crippen molar-refractivity contribution in [1.82, 2.24) is 9.80 Å². The van der Waals surface area contributed by atoms with Crippen LogP contribution in [0.4, 0.5) is 5.69 Å². The lowest BCUT2D eigenvalue weighted by Crippen LogP contribution is -2.36. The van der Waals surface area contributed by atoms with Gasteiger partial charge in [-0.1, -0.05) is 57.4 Å². The molecule has 1 saturated heterocycles. The average Bonchev–Trinajstić information content (AvgIpc) is 3.42. The number of likely N-dealkylation sites (tertiary alicyclic amines) is 1. The van der Waals surface area contributed by atoms with E-state index >= 15 is 0 Å². The number of fused-ring (bicyclic) bond motifs is 1. The Bertz CT molecular complexity index is 1050. The Hall–Kier alpha value is -2.86. The summed E-state index contributed by atoms with van der Waals surface area (Å²) in [6.45, 7) is 9.95. The van der Waals surface area contributed by atoms with Crippen molar-refractivity contribution in [2.45, 2.75) is 71.8 Å². The molecule has 0 radical (unpaired) electrons.